The molecule has 0 spiro atoms. The normalized spacial score (nSPS) is 29.1. The zero-order valence-corrected chi connectivity index (χ0v) is 21.0. The Hall–Kier alpha value is -0.557. The van der Waals surface area contributed by atoms with Crippen molar-refractivity contribution in [3.8, 4) is 0 Å². The van der Waals surface area contributed by atoms with Crippen LogP contribution in [0.4, 0.5) is 0 Å². The Kier molecular flexibility index (Phi) is 7.54. The second-order valence-corrected chi connectivity index (χ2v) is 10.1. The summed E-state index contributed by atoms with van der Waals surface area (Å²) in [4.78, 5) is 11.7. The van der Waals surface area contributed by atoms with Crippen LogP contribution in [-0.2, 0) is 26.7 Å². The Balaban J connectivity index is 0.00000196. The van der Waals surface area contributed by atoms with Crippen LogP contribution in [0.2, 0.25) is 0 Å². The molecular formula is C20H27BiO6S. The van der Waals surface area contributed by atoms with Gasteiger partial charge in [0.1, 0.15) is 10.1 Å². The summed E-state index contributed by atoms with van der Waals surface area (Å²) in [5, 5.41) is 11.9. The molecule has 154 valence electrons. The van der Waals surface area contributed by atoms with E-state index in [0.29, 0.717) is 18.4 Å². The van der Waals surface area contributed by atoms with Gasteiger partial charge in [0.15, 0.2) is 0 Å². The molecule has 6 nitrogen and oxygen atoms in total. The second-order valence-electron chi connectivity index (χ2n) is 8.72. The van der Waals surface area contributed by atoms with Gasteiger partial charge in [-0.15, -0.1) is 0 Å². The molecule has 1 aromatic carbocycles. The molecule has 8 heteroatoms. The molecule has 1 N–H and O–H groups in total. The number of aliphatic carboxylic acids is 1. The first kappa shape index (κ1) is 25.5. The Morgan fingerprint density at radius 3 is 2.32 bits per heavy atom. The molecule has 0 amide bonds. The molecule has 0 aliphatic heterocycles. The average Bonchev–Trinajstić information content (AvgIpc) is 2.52. The summed E-state index contributed by atoms with van der Waals surface area (Å²) in [5.41, 5.74) is 1.04. The summed E-state index contributed by atoms with van der Waals surface area (Å²) in [7, 11) is -4.60. The van der Waals surface area contributed by atoms with Gasteiger partial charge in [-0.05, 0) is 65.7 Å². The van der Waals surface area contributed by atoms with Crippen molar-refractivity contribution in [3.63, 3.8) is 0 Å². The molecule has 1 saturated carbocycles. The number of benzene rings is 1. The molecule has 1 fully saturated rings. The van der Waals surface area contributed by atoms with Gasteiger partial charge in [0.2, 0.25) is 0 Å². The average molecular weight is 604 g/mol. The van der Waals surface area contributed by atoms with Gasteiger partial charge < -0.3 is 19.9 Å². The van der Waals surface area contributed by atoms with E-state index < -0.39 is 26.9 Å². The Bertz CT molecular complexity index is 866. The van der Waals surface area contributed by atoms with Crippen molar-refractivity contribution in [2.24, 2.45) is 11.3 Å². The van der Waals surface area contributed by atoms with Crippen LogP contribution in [-0.4, -0.2) is 50.6 Å². The number of carboxylic acids is 1. The molecule has 0 saturated heterocycles. The standard InChI is InChI=1S/C20H28O5S.Bi.H2O/c1-12(2)14-10-13-6-7-17-19(3,8-5-9-20(17,4)18(21)22)15(13)11-16(14)26(23,24)25;;/h10-12,17H,5-9H2,1-4H3,(H,21,22)(H,23,24,25);;1H2/q;+3;/p-3. The van der Waals surface area contributed by atoms with Crippen molar-refractivity contribution < 1.29 is 28.3 Å². The maximum Gasteiger partial charge on any atom is 3.00 e. The summed E-state index contributed by atoms with van der Waals surface area (Å²) < 4.78 is 35.7. The summed E-state index contributed by atoms with van der Waals surface area (Å²) in [6, 6.07) is 3.40. The number of carbonyl (C=O) groups excluding carboxylic acids is 1. The van der Waals surface area contributed by atoms with Crippen molar-refractivity contribution in [3.05, 3.63) is 28.8 Å². The smallest absolute Gasteiger partial charge is 0.870 e. The number of aryl methyl sites for hydroxylation is 1. The zero-order valence-electron chi connectivity index (χ0n) is 16.7. The summed E-state index contributed by atoms with van der Waals surface area (Å²) in [6.07, 6.45) is 3.52. The number of carboxylic acid groups (broad SMARTS) is 1. The van der Waals surface area contributed by atoms with Crippen molar-refractivity contribution in [2.45, 2.75) is 76.0 Å². The van der Waals surface area contributed by atoms with Gasteiger partial charge in [-0.1, -0.05) is 40.2 Å². The number of hydrogen-bond acceptors (Lipinski definition) is 6. The minimum Gasteiger partial charge on any atom is -0.870 e. The molecule has 0 heterocycles. The molecule has 3 rings (SSSR count). The van der Waals surface area contributed by atoms with E-state index in [-0.39, 0.29) is 48.4 Å². The second kappa shape index (κ2) is 8.29. The number of rotatable bonds is 3. The fourth-order valence-corrected chi connectivity index (χ4v) is 6.27. The molecular weight excluding hydrogens is 577 g/mol. The third kappa shape index (κ3) is 3.90. The Morgan fingerprint density at radius 2 is 1.82 bits per heavy atom. The zero-order chi connectivity index (χ0) is 19.5. The third-order valence-electron chi connectivity index (χ3n) is 6.84. The molecule has 2 aliphatic carbocycles. The van der Waals surface area contributed by atoms with Crippen molar-refractivity contribution in [1.82, 2.24) is 0 Å². The fraction of sp³-hybridized carbons (Fsp3) is 0.650. The molecule has 0 aromatic heterocycles. The van der Waals surface area contributed by atoms with Gasteiger partial charge in [0.05, 0.1) is 4.90 Å². The predicted octanol–water partition coefficient (Wildman–Crippen LogP) is 1.92. The first-order valence-electron chi connectivity index (χ1n) is 9.26. The van der Waals surface area contributed by atoms with E-state index >= 15 is 0 Å². The van der Waals surface area contributed by atoms with E-state index in [1.165, 1.54) is 0 Å². The maximum atomic E-state index is 11.9. The molecule has 3 unspecified atom stereocenters. The van der Waals surface area contributed by atoms with Gasteiger partial charge in [0.25, 0.3) is 0 Å². The SMILES string of the molecule is CC(C)c1cc2c(cc1S(=O)(=O)[O-])C1(C)CCCC(C)(C(=O)[O-])C1CC2.[Bi+3].[OH-]. The van der Waals surface area contributed by atoms with Gasteiger partial charge in [0, 0.05) is 11.4 Å². The van der Waals surface area contributed by atoms with Gasteiger partial charge in [-0.3, -0.25) is 0 Å². The molecule has 2 aliphatic rings. The van der Waals surface area contributed by atoms with E-state index in [1.54, 1.807) is 13.0 Å². The van der Waals surface area contributed by atoms with Gasteiger partial charge in [-0.2, -0.15) is 0 Å². The van der Waals surface area contributed by atoms with E-state index in [0.717, 1.165) is 30.4 Å². The first-order chi connectivity index (χ1) is 11.9. The van der Waals surface area contributed by atoms with E-state index in [1.807, 2.05) is 26.8 Å². The number of fused-ring (bicyclic) bond motifs is 3. The summed E-state index contributed by atoms with van der Waals surface area (Å²) in [6.45, 7) is 7.52. The van der Waals surface area contributed by atoms with E-state index in [4.69, 9.17) is 0 Å². The topological polar surface area (TPSA) is 127 Å². The summed E-state index contributed by atoms with van der Waals surface area (Å²) >= 11 is 0. The van der Waals surface area contributed by atoms with Crippen LogP contribution in [0, 0.1) is 11.3 Å². The van der Waals surface area contributed by atoms with Crippen LogP contribution in [0.1, 0.15) is 76.0 Å². The van der Waals surface area contributed by atoms with Crippen LogP contribution in [0.3, 0.4) is 0 Å². The quantitative estimate of drug-likeness (QED) is 0.383. The molecule has 0 bridgehead atoms. The van der Waals surface area contributed by atoms with Crippen LogP contribution >= 0.6 is 0 Å². The largest absolute Gasteiger partial charge is 3.00 e. The van der Waals surface area contributed by atoms with Crippen molar-refractivity contribution in [1.29, 1.82) is 0 Å². The van der Waals surface area contributed by atoms with E-state index in [9.17, 15) is 22.9 Å². The van der Waals surface area contributed by atoms with Crippen molar-refractivity contribution >= 4 is 42.3 Å². The van der Waals surface area contributed by atoms with E-state index in [2.05, 4.69) is 0 Å². The van der Waals surface area contributed by atoms with Gasteiger partial charge >= 0.3 is 26.2 Å². The van der Waals surface area contributed by atoms with Crippen molar-refractivity contribution in [2.75, 3.05) is 0 Å². The summed E-state index contributed by atoms with van der Waals surface area (Å²) in [5.74, 6) is -1.25. The van der Waals surface area contributed by atoms with Crippen LogP contribution < -0.4 is 5.11 Å². The van der Waals surface area contributed by atoms with Crippen LogP contribution in [0.15, 0.2) is 17.0 Å². The van der Waals surface area contributed by atoms with Crippen LogP contribution in [0.5, 0.6) is 0 Å². The number of hydrogen-bond donors (Lipinski definition) is 0. The molecule has 2 radical (unpaired) electrons. The number of carbonyl (C=O) groups is 1. The Morgan fingerprint density at radius 1 is 1.21 bits per heavy atom. The maximum absolute atomic E-state index is 11.9. The molecule has 28 heavy (non-hydrogen) atoms. The van der Waals surface area contributed by atoms with Gasteiger partial charge in [-0.25, -0.2) is 8.42 Å². The molecule has 1 aromatic rings. The Labute approximate surface area is 186 Å². The first-order valence-corrected chi connectivity index (χ1v) is 10.7. The predicted molar refractivity (Wildman–Crippen MR) is 102 cm³/mol. The van der Waals surface area contributed by atoms with Crippen LogP contribution in [0.25, 0.3) is 0 Å². The minimum absolute atomic E-state index is 0. The minimum atomic E-state index is -4.60. The third-order valence-corrected chi connectivity index (χ3v) is 7.73. The fourth-order valence-electron chi connectivity index (χ4n) is 5.43. The molecule has 3 atom stereocenters. The monoisotopic (exact) mass is 604 g/mol.